The fraction of sp³-hybridized carbons (Fsp3) is 0.0769. The first kappa shape index (κ1) is 11.6. The van der Waals surface area contributed by atoms with Crippen LogP contribution in [0, 0.1) is 0 Å². The van der Waals surface area contributed by atoms with Gasteiger partial charge in [0.25, 0.3) is 0 Å². The first-order chi connectivity index (χ1) is 8.69. The number of anilines is 2. The lowest BCUT2D eigenvalue weighted by Crippen LogP contribution is -2.15. The second-order valence-corrected chi connectivity index (χ2v) is 7.61. The van der Waals surface area contributed by atoms with Crippen molar-refractivity contribution in [2.75, 3.05) is 16.8 Å². The van der Waals surface area contributed by atoms with Gasteiger partial charge in [-0.3, -0.25) is 4.67 Å². The zero-order valence-electron chi connectivity index (χ0n) is 9.91. The lowest BCUT2D eigenvalue weighted by Gasteiger charge is -2.25. The quantitative estimate of drug-likeness (QED) is 0.842. The van der Waals surface area contributed by atoms with Gasteiger partial charge in [0.1, 0.15) is 5.75 Å². The molecule has 0 spiro atoms. The molecule has 0 saturated heterocycles. The van der Waals surface area contributed by atoms with Gasteiger partial charge in [0.15, 0.2) is 0 Å². The summed E-state index contributed by atoms with van der Waals surface area (Å²) in [4.78, 5) is 0. The molecule has 0 amide bonds. The van der Waals surface area contributed by atoms with Crippen molar-refractivity contribution in [2.45, 2.75) is 0 Å². The highest BCUT2D eigenvalue weighted by molar-refractivity contribution is 8.14. The van der Waals surface area contributed by atoms with Gasteiger partial charge in [0.05, 0.1) is 11.4 Å². The van der Waals surface area contributed by atoms with Crippen LogP contribution in [0.2, 0.25) is 0 Å². The molecule has 0 bridgehead atoms. The monoisotopic (exact) mass is 276 g/mol. The summed E-state index contributed by atoms with van der Waals surface area (Å²) in [6.45, 7) is -2.25. The minimum Gasteiger partial charge on any atom is -0.433 e. The van der Waals surface area contributed by atoms with Crippen LogP contribution >= 0.6 is 6.57 Å². The molecule has 2 aromatic rings. The molecule has 0 fully saturated rings. The first-order valence-electron chi connectivity index (χ1n) is 5.65. The van der Waals surface area contributed by atoms with Crippen molar-refractivity contribution in [1.82, 2.24) is 0 Å². The fourth-order valence-electron chi connectivity index (χ4n) is 1.93. The Labute approximate surface area is 112 Å². The summed E-state index contributed by atoms with van der Waals surface area (Å²) in [5.41, 5.74) is 2.14. The highest BCUT2D eigenvalue weighted by Crippen LogP contribution is 2.59. The minimum absolute atomic E-state index is 0.799. The molecule has 1 aliphatic heterocycles. The number of para-hydroxylation sites is 3. The van der Waals surface area contributed by atoms with Crippen molar-refractivity contribution in [3.05, 3.63) is 54.6 Å². The van der Waals surface area contributed by atoms with E-state index in [4.69, 9.17) is 16.3 Å². The van der Waals surface area contributed by atoms with E-state index >= 15 is 0 Å². The third kappa shape index (κ3) is 1.88. The predicted molar refractivity (Wildman–Crippen MR) is 79.8 cm³/mol. The smallest absolute Gasteiger partial charge is 0.302 e. The van der Waals surface area contributed by atoms with Gasteiger partial charge in [-0.1, -0.05) is 30.3 Å². The Morgan fingerprint density at radius 2 is 1.72 bits per heavy atom. The predicted octanol–water partition coefficient (Wildman–Crippen LogP) is 3.85. The van der Waals surface area contributed by atoms with Gasteiger partial charge in [0.2, 0.25) is 0 Å². The van der Waals surface area contributed by atoms with Crippen LogP contribution in [0.15, 0.2) is 54.6 Å². The maximum Gasteiger partial charge on any atom is 0.302 e. The Balaban J connectivity index is 1.93. The molecule has 0 radical (unpaired) electrons. The van der Waals surface area contributed by atoms with Crippen molar-refractivity contribution in [1.29, 1.82) is 0 Å². The summed E-state index contributed by atoms with van der Waals surface area (Å²) in [7, 11) is 1.97. The van der Waals surface area contributed by atoms with E-state index in [0.29, 0.717) is 0 Å². The van der Waals surface area contributed by atoms with Gasteiger partial charge in [-0.15, -0.1) is 0 Å². The second kappa shape index (κ2) is 4.30. The maximum atomic E-state index is 6.00. The zero-order valence-corrected chi connectivity index (χ0v) is 11.6. The number of rotatable bonds is 2. The van der Waals surface area contributed by atoms with Crippen LogP contribution in [0.25, 0.3) is 0 Å². The SMILES string of the molecule is CN1c2ccccc2NP1(=S)Oc1ccccc1. The van der Waals surface area contributed by atoms with Gasteiger partial charge >= 0.3 is 6.57 Å². The van der Waals surface area contributed by atoms with Gasteiger partial charge in [0, 0.05) is 7.05 Å². The average molecular weight is 276 g/mol. The molecule has 1 unspecified atom stereocenters. The number of nitrogens with zero attached hydrogens (tertiary/aromatic N) is 1. The number of benzene rings is 2. The van der Waals surface area contributed by atoms with Crippen molar-refractivity contribution in [3.8, 4) is 5.75 Å². The van der Waals surface area contributed by atoms with Crippen LogP contribution in [0.4, 0.5) is 11.4 Å². The van der Waals surface area contributed by atoms with Crippen LogP contribution in [-0.4, -0.2) is 7.05 Å². The number of nitrogens with one attached hydrogen (secondary N) is 1. The number of hydrogen-bond donors (Lipinski definition) is 1. The van der Waals surface area contributed by atoms with Crippen molar-refractivity contribution < 1.29 is 4.52 Å². The molecule has 92 valence electrons. The number of fused-ring (bicyclic) bond motifs is 1. The molecule has 18 heavy (non-hydrogen) atoms. The van der Waals surface area contributed by atoms with Crippen LogP contribution < -0.4 is 14.3 Å². The van der Waals surface area contributed by atoms with E-state index in [1.807, 2.05) is 66.3 Å². The van der Waals surface area contributed by atoms with Gasteiger partial charge < -0.3 is 9.61 Å². The lowest BCUT2D eigenvalue weighted by atomic mass is 10.3. The van der Waals surface area contributed by atoms with E-state index in [0.717, 1.165) is 17.1 Å². The van der Waals surface area contributed by atoms with Crippen molar-refractivity contribution in [3.63, 3.8) is 0 Å². The molecule has 0 aliphatic carbocycles. The molecule has 0 saturated carbocycles. The van der Waals surface area contributed by atoms with Crippen LogP contribution in [-0.2, 0) is 11.8 Å². The Morgan fingerprint density at radius 1 is 1.06 bits per heavy atom. The summed E-state index contributed by atoms with van der Waals surface area (Å²) >= 11 is 5.68. The lowest BCUT2D eigenvalue weighted by molar-refractivity contribution is 0.615. The third-order valence-corrected chi connectivity index (χ3v) is 6.10. The molecule has 1 heterocycles. The van der Waals surface area contributed by atoms with Crippen LogP contribution in [0.3, 0.4) is 0 Å². The molecule has 2 aromatic carbocycles. The minimum atomic E-state index is -2.25. The molecule has 3 rings (SSSR count). The van der Waals surface area contributed by atoms with E-state index in [9.17, 15) is 0 Å². The largest absolute Gasteiger partial charge is 0.433 e. The van der Waals surface area contributed by atoms with Gasteiger partial charge in [-0.05, 0) is 36.1 Å². The molecule has 3 nitrogen and oxygen atoms in total. The van der Waals surface area contributed by atoms with E-state index in [2.05, 4.69) is 5.09 Å². The summed E-state index contributed by atoms with van der Waals surface area (Å²) in [6.07, 6.45) is 0. The standard InChI is InChI=1S/C13H13N2OPS/c1-15-13-10-6-5-9-12(13)14-17(15,18)16-11-7-3-2-4-8-11/h2-10H,1H3,(H,14,18). The average Bonchev–Trinajstić information content (AvgIpc) is 2.63. The Hall–Kier alpha value is -1.51. The Bertz CT molecular complexity index is 617. The zero-order chi connectivity index (χ0) is 12.6. The summed E-state index contributed by atoms with van der Waals surface area (Å²) in [6, 6.07) is 17.8. The fourth-order valence-corrected chi connectivity index (χ4v) is 4.42. The van der Waals surface area contributed by atoms with E-state index in [-0.39, 0.29) is 0 Å². The molecular formula is C13H13N2OPS. The van der Waals surface area contributed by atoms with E-state index < -0.39 is 6.57 Å². The summed E-state index contributed by atoms with van der Waals surface area (Å²) in [5, 5.41) is 3.34. The third-order valence-electron chi connectivity index (χ3n) is 2.88. The Kier molecular flexibility index (Phi) is 2.77. The van der Waals surface area contributed by atoms with Gasteiger partial charge in [-0.25, -0.2) is 0 Å². The van der Waals surface area contributed by atoms with Crippen molar-refractivity contribution in [2.24, 2.45) is 0 Å². The molecule has 1 aliphatic rings. The number of hydrogen-bond acceptors (Lipinski definition) is 2. The highest BCUT2D eigenvalue weighted by Gasteiger charge is 2.34. The topological polar surface area (TPSA) is 24.5 Å². The molecule has 1 N–H and O–H groups in total. The van der Waals surface area contributed by atoms with E-state index in [1.54, 1.807) is 0 Å². The van der Waals surface area contributed by atoms with Crippen LogP contribution in [0.5, 0.6) is 5.75 Å². The second-order valence-electron chi connectivity index (χ2n) is 4.08. The highest BCUT2D eigenvalue weighted by atomic mass is 32.5. The molecular weight excluding hydrogens is 263 g/mol. The normalized spacial score (nSPS) is 21.3. The van der Waals surface area contributed by atoms with Crippen LogP contribution in [0.1, 0.15) is 0 Å². The van der Waals surface area contributed by atoms with E-state index in [1.165, 1.54) is 0 Å². The van der Waals surface area contributed by atoms with Crippen molar-refractivity contribution >= 4 is 29.7 Å². The summed E-state index contributed by atoms with van der Waals surface area (Å²) < 4.78 is 8.03. The maximum absolute atomic E-state index is 6.00. The molecule has 1 atom stereocenters. The summed E-state index contributed by atoms with van der Waals surface area (Å²) in [5.74, 6) is 0.799. The molecule has 5 heteroatoms. The Morgan fingerprint density at radius 3 is 2.44 bits per heavy atom. The first-order valence-corrected chi connectivity index (χ1v) is 8.32. The molecule has 0 aromatic heterocycles. The van der Waals surface area contributed by atoms with Gasteiger partial charge in [-0.2, -0.15) is 0 Å².